The highest BCUT2D eigenvalue weighted by molar-refractivity contribution is 8.18. The van der Waals surface area contributed by atoms with Crippen molar-refractivity contribution in [3.8, 4) is 17.2 Å². The maximum absolute atomic E-state index is 13.1. The van der Waals surface area contributed by atoms with Crippen LogP contribution in [0.4, 0.5) is 21.9 Å². The average molecular weight is 579 g/mol. The summed E-state index contributed by atoms with van der Waals surface area (Å²) in [6.45, 7) is 3.23. The molecule has 4 rings (SSSR count). The normalized spacial score (nSPS) is 13.8. The highest BCUT2D eigenvalue weighted by Crippen LogP contribution is 2.42. The summed E-state index contributed by atoms with van der Waals surface area (Å²) in [5.41, 5.74) is 1.46. The lowest BCUT2D eigenvalue weighted by Gasteiger charge is -2.14. The van der Waals surface area contributed by atoms with E-state index >= 15 is 0 Å². The number of hydrogen-bond donors (Lipinski definition) is 1. The number of anilines is 1. The number of hydrogen-bond acceptors (Lipinski definition) is 10. The molecule has 3 aromatic carbocycles. The Hall–Kier alpha value is -5.24. The highest BCUT2D eigenvalue weighted by atomic mass is 32.2. The lowest BCUT2D eigenvalue weighted by atomic mass is 10.1. The molecule has 41 heavy (non-hydrogen) atoms. The van der Waals surface area contributed by atoms with Gasteiger partial charge in [0, 0.05) is 17.3 Å². The van der Waals surface area contributed by atoms with Gasteiger partial charge in [0.15, 0.2) is 11.5 Å². The number of para-hydroxylation sites is 1. The Bertz CT molecular complexity index is 1640. The van der Waals surface area contributed by atoms with Gasteiger partial charge in [-0.3, -0.25) is 39.5 Å². The molecule has 1 aliphatic heterocycles. The largest absolute Gasteiger partial charge is 0.493 e. The molecule has 14 heteroatoms. The van der Waals surface area contributed by atoms with E-state index in [1.807, 2.05) is 26.0 Å². The Morgan fingerprint density at radius 1 is 1.02 bits per heavy atom. The molecule has 0 atom stereocenters. The molecular formula is C27H22N4O9S. The van der Waals surface area contributed by atoms with Crippen LogP contribution >= 0.6 is 11.8 Å². The second-order valence-corrected chi connectivity index (χ2v) is 9.77. The van der Waals surface area contributed by atoms with Crippen LogP contribution in [0.1, 0.15) is 16.7 Å². The fraction of sp³-hybridized carbons (Fsp3) is 0.148. The van der Waals surface area contributed by atoms with E-state index in [1.165, 1.54) is 25.3 Å². The summed E-state index contributed by atoms with van der Waals surface area (Å²) in [7, 11) is 1.33. The van der Waals surface area contributed by atoms with E-state index in [4.69, 9.17) is 9.47 Å². The molecule has 0 bridgehead atoms. The van der Waals surface area contributed by atoms with Gasteiger partial charge in [0.05, 0.1) is 27.9 Å². The van der Waals surface area contributed by atoms with Crippen LogP contribution in [0.5, 0.6) is 17.2 Å². The monoisotopic (exact) mass is 578 g/mol. The zero-order valence-corrected chi connectivity index (χ0v) is 22.7. The number of rotatable bonds is 9. The molecule has 1 heterocycles. The molecule has 1 fully saturated rings. The molecule has 1 aliphatic rings. The lowest BCUT2D eigenvalue weighted by Crippen LogP contribution is -2.36. The molecular weight excluding hydrogens is 556 g/mol. The van der Waals surface area contributed by atoms with Gasteiger partial charge in [0.2, 0.25) is 11.7 Å². The van der Waals surface area contributed by atoms with Gasteiger partial charge >= 0.3 is 5.69 Å². The second-order valence-electron chi connectivity index (χ2n) is 8.78. The van der Waals surface area contributed by atoms with Gasteiger partial charge in [-0.1, -0.05) is 29.8 Å². The zero-order valence-electron chi connectivity index (χ0n) is 21.9. The van der Waals surface area contributed by atoms with E-state index in [9.17, 15) is 34.6 Å². The lowest BCUT2D eigenvalue weighted by molar-refractivity contribution is -0.394. The first-order valence-corrected chi connectivity index (χ1v) is 12.7. The Kier molecular flexibility index (Phi) is 8.33. The van der Waals surface area contributed by atoms with Gasteiger partial charge < -0.3 is 14.8 Å². The Balaban J connectivity index is 1.61. The number of carbonyl (C=O) groups is 3. The summed E-state index contributed by atoms with van der Waals surface area (Å²) in [5.74, 6) is -1.48. The molecule has 3 amide bonds. The summed E-state index contributed by atoms with van der Waals surface area (Å²) in [6, 6.07) is 12.9. The number of thioether (sulfide) groups is 1. The molecule has 3 aromatic rings. The number of ether oxygens (including phenoxy) is 2. The number of imide groups is 1. The van der Waals surface area contributed by atoms with Crippen molar-refractivity contribution in [3.05, 3.63) is 96.4 Å². The van der Waals surface area contributed by atoms with Crippen molar-refractivity contribution in [3.63, 3.8) is 0 Å². The third-order valence-corrected chi connectivity index (χ3v) is 6.82. The van der Waals surface area contributed by atoms with Crippen molar-refractivity contribution in [1.82, 2.24) is 4.90 Å². The Labute approximate surface area is 237 Å². The molecule has 210 valence electrons. The van der Waals surface area contributed by atoms with Crippen molar-refractivity contribution in [2.75, 3.05) is 19.0 Å². The van der Waals surface area contributed by atoms with Crippen LogP contribution in [0.3, 0.4) is 0 Å². The standard InChI is InChI=1S/C27H22N4O9S/c1-15-7-9-19(16(2)11-15)28-24(32)14-29-26(33)23(41-27(29)34)12-17-5-4-6-22(39-3)25(17)40-21-10-8-18(30(35)36)13-20(21)31(37)38/h4-13H,14H2,1-3H3,(H,28,32)/b23-12+. The van der Waals surface area contributed by atoms with Crippen LogP contribution in [0.15, 0.2) is 59.5 Å². The van der Waals surface area contributed by atoms with Gasteiger partial charge in [0.25, 0.3) is 16.8 Å². The molecule has 1 saturated heterocycles. The number of nitro groups is 2. The van der Waals surface area contributed by atoms with E-state index in [-0.39, 0.29) is 27.7 Å². The molecule has 0 saturated carbocycles. The minimum Gasteiger partial charge on any atom is -0.493 e. The fourth-order valence-corrected chi connectivity index (χ4v) is 4.77. The quantitative estimate of drug-likeness (QED) is 0.191. The van der Waals surface area contributed by atoms with Crippen LogP contribution in [0.25, 0.3) is 6.08 Å². The first kappa shape index (κ1) is 28.8. The van der Waals surface area contributed by atoms with Crippen molar-refractivity contribution in [2.45, 2.75) is 13.8 Å². The first-order chi connectivity index (χ1) is 19.5. The van der Waals surface area contributed by atoms with Crippen LogP contribution in [-0.2, 0) is 9.59 Å². The summed E-state index contributed by atoms with van der Waals surface area (Å²) in [5, 5.41) is 24.7. The van der Waals surface area contributed by atoms with E-state index in [2.05, 4.69) is 5.32 Å². The molecule has 0 radical (unpaired) electrons. The predicted octanol–water partition coefficient (Wildman–Crippen LogP) is 5.60. The van der Waals surface area contributed by atoms with Crippen LogP contribution in [-0.4, -0.2) is 45.5 Å². The minimum absolute atomic E-state index is 0.0226. The summed E-state index contributed by atoms with van der Waals surface area (Å²) >= 11 is 0.611. The SMILES string of the molecule is COc1cccc(/C=C2/SC(=O)N(CC(=O)Nc3ccc(C)cc3C)C2=O)c1Oc1ccc([N+](=O)[O-])cc1[N+](=O)[O-]. The summed E-state index contributed by atoms with van der Waals surface area (Å²) in [6.07, 6.45) is 1.34. The zero-order chi connectivity index (χ0) is 29.8. The number of nitrogens with zero attached hydrogens (tertiary/aromatic N) is 3. The summed E-state index contributed by atoms with van der Waals surface area (Å²) in [4.78, 5) is 60.2. The predicted molar refractivity (Wildman–Crippen MR) is 150 cm³/mol. The van der Waals surface area contributed by atoms with E-state index < -0.39 is 44.8 Å². The van der Waals surface area contributed by atoms with Crippen LogP contribution in [0.2, 0.25) is 0 Å². The maximum atomic E-state index is 13.1. The highest BCUT2D eigenvalue weighted by Gasteiger charge is 2.36. The number of nitrogens with one attached hydrogen (secondary N) is 1. The topological polar surface area (TPSA) is 171 Å². The number of benzene rings is 3. The van der Waals surface area contributed by atoms with Crippen LogP contribution in [0, 0.1) is 34.1 Å². The number of amides is 3. The minimum atomic E-state index is -0.827. The van der Waals surface area contributed by atoms with Crippen molar-refractivity contribution < 1.29 is 33.7 Å². The summed E-state index contributed by atoms with van der Waals surface area (Å²) < 4.78 is 11.1. The van der Waals surface area contributed by atoms with Gasteiger partial charge in [-0.2, -0.15) is 0 Å². The number of methoxy groups -OCH3 is 1. The van der Waals surface area contributed by atoms with Gasteiger partial charge in [-0.25, -0.2) is 0 Å². The third kappa shape index (κ3) is 6.33. The second kappa shape index (κ2) is 11.9. The van der Waals surface area contributed by atoms with Crippen molar-refractivity contribution >= 4 is 52.0 Å². The molecule has 0 unspecified atom stereocenters. The molecule has 0 aliphatic carbocycles. The maximum Gasteiger partial charge on any atom is 0.318 e. The number of aryl methyl sites for hydroxylation is 2. The van der Waals surface area contributed by atoms with Gasteiger partial charge in [-0.05, 0) is 55.4 Å². The number of nitro benzene ring substituents is 2. The molecule has 13 nitrogen and oxygen atoms in total. The van der Waals surface area contributed by atoms with Gasteiger partial charge in [-0.15, -0.1) is 0 Å². The van der Waals surface area contributed by atoms with Crippen LogP contribution < -0.4 is 14.8 Å². The smallest absolute Gasteiger partial charge is 0.318 e. The number of non-ortho nitro benzene ring substituents is 1. The fourth-order valence-electron chi connectivity index (χ4n) is 3.94. The van der Waals surface area contributed by atoms with E-state index in [0.717, 1.165) is 34.2 Å². The Morgan fingerprint density at radius 3 is 2.44 bits per heavy atom. The third-order valence-electron chi connectivity index (χ3n) is 5.91. The average Bonchev–Trinajstić information content (AvgIpc) is 3.18. The number of carbonyl (C=O) groups excluding carboxylic acids is 3. The molecule has 0 aromatic heterocycles. The van der Waals surface area contributed by atoms with Gasteiger partial charge in [0.1, 0.15) is 6.54 Å². The van der Waals surface area contributed by atoms with E-state index in [1.54, 1.807) is 12.1 Å². The molecule has 1 N–H and O–H groups in total. The first-order valence-electron chi connectivity index (χ1n) is 11.9. The van der Waals surface area contributed by atoms with Crippen molar-refractivity contribution in [1.29, 1.82) is 0 Å². The van der Waals surface area contributed by atoms with E-state index in [0.29, 0.717) is 17.4 Å². The molecule has 0 spiro atoms. The Morgan fingerprint density at radius 2 is 1.78 bits per heavy atom. The van der Waals surface area contributed by atoms with Crippen molar-refractivity contribution in [2.24, 2.45) is 0 Å².